The summed E-state index contributed by atoms with van der Waals surface area (Å²) in [5, 5.41) is 7.82. The Hall–Kier alpha value is -1.36. The van der Waals surface area contributed by atoms with Crippen LogP contribution in [0.2, 0.25) is 0 Å². The molecule has 5 heteroatoms. The molecule has 5 nitrogen and oxygen atoms in total. The first-order valence-electron chi connectivity index (χ1n) is 7.60. The molecule has 0 spiro atoms. The summed E-state index contributed by atoms with van der Waals surface area (Å²) in [6.45, 7) is 3.94. The second kappa shape index (κ2) is 7.43. The maximum Gasteiger partial charge on any atom is 0.266 e. The first-order valence-corrected chi connectivity index (χ1v) is 7.60. The van der Waals surface area contributed by atoms with Gasteiger partial charge < -0.3 is 10.1 Å². The first kappa shape index (κ1) is 15.0. The topological polar surface area (TPSA) is 56.1 Å². The molecule has 0 aliphatic heterocycles. The fraction of sp³-hybridized carbons (Fsp3) is 0.733. The Morgan fingerprint density at radius 2 is 2.30 bits per heavy atom. The summed E-state index contributed by atoms with van der Waals surface area (Å²) in [6.07, 6.45) is 5.96. The van der Waals surface area contributed by atoms with Gasteiger partial charge in [0.15, 0.2) is 0 Å². The highest BCUT2D eigenvalue weighted by Gasteiger charge is 2.26. The molecule has 0 radical (unpaired) electrons. The Morgan fingerprint density at radius 1 is 1.45 bits per heavy atom. The van der Waals surface area contributed by atoms with E-state index in [2.05, 4.69) is 17.3 Å². The van der Waals surface area contributed by atoms with Crippen LogP contribution in [0.15, 0.2) is 16.9 Å². The Bertz CT molecular complexity index is 472. The van der Waals surface area contributed by atoms with Crippen LogP contribution in [0.4, 0.5) is 0 Å². The number of aromatic nitrogens is 2. The molecule has 0 saturated heterocycles. The molecule has 1 aromatic heterocycles. The van der Waals surface area contributed by atoms with Gasteiger partial charge in [-0.1, -0.05) is 13.3 Å². The molecule has 20 heavy (non-hydrogen) atoms. The molecule has 0 amide bonds. The van der Waals surface area contributed by atoms with Crippen molar-refractivity contribution in [3.8, 4) is 5.88 Å². The average molecular weight is 279 g/mol. The quantitative estimate of drug-likeness (QED) is 0.827. The van der Waals surface area contributed by atoms with Gasteiger partial charge in [-0.2, -0.15) is 0 Å². The zero-order valence-electron chi connectivity index (χ0n) is 12.5. The van der Waals surface area contributed by atoms with E-state index in [0.29, 0.717) is 24.4 Å². The summed E-state index contributed by atoms with van der Waals surface area (Å²) >= 11 is 0. The van der Waals surface area contributed by atoms with Crippen molar-refractivity contribution < 1.29 is 4.74 Å². The Labute approximate surface area is 120 Å². The maximum absolute atomic E-state index is 11.8. The van der Waals surface area contributed by atoms with Crippen LogP contribution < -0.4 is 15.6 Å². The van der Waals surface area contributed by atoms with E-state index in [1.165, 1.54) is 36.4 Å². The number of rotatable bonds is 7. The van der Waals surface area contributed by atoms with E-state index in [4.69, 9.17) is 4.74 Å². The fourth-order valence-corrected chi connectivity index (χ4v) is 2.97. The first-order chi connectivity index (χ1) is 9.74. The lowest BCUT2D eigenvalue weighted by Crippen LogP contribution is -2.34. The second-order valence-electron chi connectivity index (χ2n) is 5.48. The minimum Gasteiger partial charge on any atom is -0.480 e. The third-order valence-electron chi connectivity index (χ3n) is 4.08. The van der Waals surface area contributed by atoms with E-state index in [0.717, 1.165) is 13.0 Å². The van der Waals surface area contributed by atoms with Crippen molar-refractivity contribution >= 4 is 0 Å². The normalized spacial score (nSPS) is 22.1. The molecule has 1 saturated carbocycles. The van der Waals surface area contributed by atoms with Crippen molar-refractivity contribution in [3.63, 3.8) is 0 Å². The van der Waals surface area contributed by atoms with Gasteiger partial charge in [-0.3, -0.25) is 4.79 Å². The van der Waals surface area contributed by atoms with Crippen LogP contribution in [-0.2, 0) is 6.54 Å². The van der Waals surface area contributed by atoms with Crippen LogP contribution in [0.5, 0.6) is 5.88 Å². The van der Waals surface area contributed by atoms with Gasteiger partial charge in [0.25, 0.3) is 5.56 Å². The molecule has 1 heterocycles. The lowest BCUT2D eigenvalue weighted by Gasteiger charge is -2.21. The Kier molecular flexibility index (Phi) is 5.59. The molecule has 1 aromatic rings. The summed E-state index contributed by atoms with van der Waals surface area (Å²) in [4.78, 5) is 11.8. The van der Waals surface area contributed by atoms with E-state index in [-0.39, 0.29) is 5.56 Å². The predicted molar refractivity (Wildman–Crippen MR) is 79.1 cm³/mol. The van der Waals surface area contributed by atoms with Crippen molar-refractivity contribution in [2.75, 3.05) is 13.7 Å². The van der Waals surface area contributed by atoms with E-state index in [1.807, 2.05) is 0 Å². The van der Waals surface area contributed by atoms with Crippen LogP contribution in [-0.4, -0.2) is 29.5 Å². The van der Waals surface area contributed by atoms with E-state index < -0.39 is 0 Å². The van der Waals surface area contributed by atoms with Crippen molar-refractivity contribution in [2.24, 2.45) is 5.92 Å². The third-order valence-corrected chi connectivity index (χ3v) is 4.08. The number of methoxy groups -OCH3 is 1. The Balaban J connectivity index is 1.92. The van der Waals surface area contributed by atoms with Crippen molar-refractivity contribution in [1.82, 2.24) is 15.1 Å². The third kappa shape index (κ3) is 3.82. The molecule has 112 valence electrons. The van der Waals surface area contributed by atoms with Gasteiger partial charge in [0, 0.05) is 24.7 Å². The molecule has 2 unspecified atom stereocenters. The molecule has 1 aliphatic carbocycles. The van der Waals surface area contributed by atoms with Gasteiger partial charge >= 0.3 is 0 Å². The number of aryl methyl sites for hydroxylation is 1. The van der Waals surface area contributed by atoms with Crippen molar-refractivity contribution in [2.45, 2.75) is 51.6 Å². The molecule has 2 rings (SSSR count). The lowest BCUT2D eigenvalue weighted by molar-refractivity contribution is 0.336. The van der Waals surface area contributed by atoms with Gasteiger partial charge in [-0.25, -0.2) is 4.68 Å². The van der Waals surface area contributed by atoms with Gasteiger partial charge in [-0.15, -0.1) is 5.10 Å². The van der Waals surface area contributed by atoms with Crippen LogP contribution in [0, 0.1) is 5.92 Å². The van der Waals surface area contributed by atoms with Gasteiger partial charge in [0.1, 0.15) is 0 Å². The van der Waals surface area contributed by atoms with E-state index in [9.17, 15) is 4.79 Å². The highest BCUT2D eigenvalue weighted by Crippen LogP contribution is 2.28. The second-order valence-corrected chi connectivity index (χ2v) is 5.48. The molecule has 0 bridgehead atoms. The predicted octanol–water partition coefficient (Wildman–Crippen LogP) is 1.81. The van der Waals surface area contributed by atoms with Crippen LogP contribution >= 0.6 is 0 Å². The summed E-state index contributed by atoms with van der Waals surface area (Å²) in [6, 6.07) is 3.74. The van der Waals surface area contributed by atoms with Crippen molar-refractivity contribution in [3.05, 3.63) is 22.5 Å². The number of hydrogen-bond donors (Lipinski definition) is 1. The average Bonchev–Trinajstić information content (AvgIpc) is 2.91. The van der Waals surface area contributed by atoms with Crippen LogP contribution in [0.1, 0.15) is 39.0 Å². The highest BCUT2D eigenvalue weighted by molar-refractivity contribution is 5.06. The number of nitrogens with zero attached hydrogens (tertiary/aromatic N) is 2. The molecule has 2 atom stereocenters. The van der Waals surface area contributed by atoms with Crippen LogP contribution in [0.3, 0.4) is 0 Å². The Morgan fingerprint density at radius 3 is 3.05 bits per heavy atom. The summed E-state index contributed by atoms with van der Waals surface area (Å²) in [7, 11) is 1.57. The SMILES string of the molecule is CCCNC1CCCC1CCn1nc(OC)ccc1=O. The zero-order chi connectivity index (χ0) is 14.4. The van der Waals surface area contributed by atoms with Gasteiger partial charge in [0.05, 0.1) is 7.11 Å². The molecule has 1 aliphatic rings. The molecular weight excluding hydrogens is 254 g/mol. The summed E-state index contributed by atoms with van der Waals surface area (Å²) in [5.41, 5.74) is -0.0538. The number of hydrogen-bond acceptors (Lipinski definition) is 4. The highest BCUT2D eigenvalue weighted by atomic mass is 16.5. The maximum atomic E-state index is 11.8. The molecular formula is C15H25N3O2. The standard InChI is InChI=1S/C15H25N3O2/c1-3-10-16-13-6-4-5-12(13)9-11-18-15(19)8-7-14(17-18)20-2/h7-8,12-13,16H,3-6,9-11H2,1-2H3. The number of nitrogens with one attached hydrogen (secondary N) is 1. The minimum absolute atomic E-state index is 0.0538. The monoisotopic (exact) mass is 279 g/mol. The zero-order valence-corrected chi connectivity index (χ0v) is 12.5. The molecule has 0 aromatic carbocycles. The largest absolute Gasteiger partial charge is 0.480 e. The summed E-state index contributed by atoms with van der Waals surface area (Å²) in [5.74, 6) is 1.15. The smallest absolute Gasteiger partial charge is 0.266 e. The van der Waals surface area contributed by atoms with E-state index in [1.54, 1.807) is 13.2 Å². The number of ether oxygens (including phenoxy) is 1. The minimum atomic E-state index is -0.0538. The van der Waals surface area contributed by atoms with Gasteiger partial charge in [0.2, 0.25) is 5.88 Å². The van der Waals surface area contributed by atoms with Gasteiger partial charge in [-0.05, 0) is 38.1 Å². The van der Waals surface area contributed by atoms with E-state index >= 15 is 0 Å². The van der Waals surface area contributed by atoms with Crippen LogP contribution in [0.25, 0.3) is 0 Å². The fourth-order valence-electron chi connectivity index (χ4n) is 2.97. The molecule has 1 N–H and O–H groups in total. The lowest BCUT2D eigenvalue weighted by atomic mass is 9.99. The van der Waals surface area contributed by atoms with Crippen molar-refractivity contribution in [1.29, 1.82) is 0 Å². The molecule has 1 fully saturated rings. The summed E-state index contributed by atoms with van der Waals surface area (Å²) < 4.78 is 6.59.